The number of aliphatic hydroxyl groups is 1. The molecular formula is C16H22O3S. The Morgan fingerprint density at radius 1 is 1.50 bits per heavy atom. The van der Waals surface area contributed by atoms with Crippen molar-refractivity contribution >= 4 is 11.8 Å². The fraction of sp³-hybridized carbons (Fsp3) is 0.625. The molecule has 3 nitrogen and oxygen atoms in total. The molecule has 2 heterocycles. The van der Waals surface area contributed by atoms with Crippen LogP contribution in [-0.4, -0.2) is 34.9 Å². The Labute approximate surface area is 124 Å². The maximum atomic E-state index is 9.64. The maximum absolute atomic E-state index is 9.64. The van der Waals surface area contributed by atoms with Gasteiger partial charge in [0.1, 0.15) is 11.9 Å². The van der Waals surface area contributed by atoms with E-state index in [0.717, 1.165) is 42.9 Å². The third kappa shape index (κ3) is 3.13. The predicted octanol–water partition coefficient (Wildman–Crippen LogP) is 3.17. The van der Waals surface area contributed by atoms with Crippen molar-refractivity contribution in [3.63, 3.8) is 0 Å². The highest BCUT2D eigenvalue weighted by atomic mass is 32.2. The number of hydrogen-bond donors (Lipinski definition) is 1. The first-order chi connectivity index (χ1) is 9.67. The lowest BCUT2D eigenvalue weighted by atomic mass is 9.91. The fourth-order valence-electron chi connectivity index (χ4n) is 2.99. The van der Waals surface area contributed by atoms with Gasteiger partial charge in [-0.15, -0.1) is 0 Å². The molecule has 4 heteroatoms. The molecule has 1 aromatic carbocycles. The summed E-state index contributed by atoms with van der Waals surface area (Å²) in [5.74, 6) is 3.15. The first kappa shape index (κ1) is 14.2. The zero-order valence-electron chi connectivity index (χ0n) is 11.9. The number of aliphatic hydroxyl groups excluding tert-OH is 1. The minimum absolute atomic E-state index is 0.0511. The van der Waals surface area contributed by atoms with Crippen LogP contribution < -0.4 is 4.74 Å². The molecule has 0 aromatic heterocycles. The van der Waals surface area contributed by atoms with Crippen molar-refractivity contribution in [2.75, 3.05) is 18.1 Å². The van der Waals surface area contributed by atoms with Crippen molar-refractivity contribution in [3.8, 4) is 5.75 Å². The number of benzene rings is 1. The molecule has 20 heavy (non-hydrogen) atoms. The highest BCUT2D eigenvalue weighted by Gasteiger charge is 2.41. The number of hydrogen-bond acceptors (Lipinski definition) is 4. The number of ether oxygens (including phenoxy) is 2. The number of thioether (sulfide) groups is 1. The Bertz CT molecular complexity index is 455. The summed E-state index contributed by atoms with van der Waals surface area (Å²) in [7, 11) is 0. The van der Waals surface area contributed by atoms with Crippen LogP contribution in [0, 0.1) is 0 Å². The molecule has 1 spiro atoms. The monoisotopic (exact) mass is 294 g/mol. The van der Waals surface area contributed by atoms with Gasteiger partial charge in [-0.3, -0.25) is 0 Å². The van der Waals surface area contributed by atoms with Gasteiger partial charge >= 0.3 is 0 Å². The Balaban J connectivity index is 1.66. The van der Waals surface area contributed by atoms with E-state index in [-0.39, 0.29) is 11.7 Å². The topological polar surface area (TPSA) is 38.7 Å². The lowest BCUT2D eigenvalue weighted by Gasteiger charge is -2.37. The van der Waals surface area contributed by atoms with Crippen molar-refractivity contribution in [3.05, 3.63) is 29.8 Å². The molecule has 2 saturated heterocycles. The molecule has 0 amide bonds. The Morgan fingerprint density at radius 2 is 2.40 bits per heavy atom. The van der Waals surface area contributed by atoms with Gasteiger partial charge in [-0.2, -0.15) is 11.8 Å². The van der Waals surface area contributed by atoms with Crippen LogP contribution in [0.1, 0.15) is 37.9 Å². The Kier molecular flexibility index (Phi) is 4.24. The molecule has 110 valence electrons. The van der Waals surface area contributed by atoms with Crippen LogP contribution in [0.2, 0.25) is 0 Å². The minimum Gasteiger partial charge on any atom is -0.490 e. The zero-order valence-corrected chi connectivity index (χ0v) is 12.7. The summed E-state index contributed by atoms with van der Waals surface area (Å²) in [6, 6.07) is 7.78. The summed E-state index contributed by atoms with van der Waals surface area (Å²) in [6.07, 6.45) is 2.85. The molecule has 0 bridgehead atoms. The van der Waals surface area contributed by atoms with E-state index in [9.17, 15) is 5.11 Å². The van der Waals surface area contributed by atoms with Crippen LogP contribution in [-0.2, 0) is 4.74 Å². The standard InChI is InChI=1S/C16H22O3S/c1-12(17)13-3-2-4-14(9-13)19-15-5-7-18-16(10-15)6-8-20-11-16/h2-4,9,12,15,17H,5-8,10-11H2,1H3. The molecule has 2 aliphatic rings. The predicted molar refractivity (Wildman–Crippen MR) is 81.4 cm³/mol. The summed E-state index contributed by atoms with van der Waals surface area (Å²) < 4.78 is 12.1. The Morgan fingerprint density at radius 3 is 3.15 bits per heavy atom. The lowest BCUT2D eigenvalue weighted by molar-refractivity contribution is -0.0959. The van der Waals surface area contributed by atoms with Crippen LogP contribution in [0.5, 0.6) is 5.75 Å². The first-order valence-electron chi connectivity index (χ1n) is 7.33. The van der Waals surface area contributed by atoms with Gasteiger partial charge in [-0.1, -0.05) is 12.1 Å². The van der Waals surface area contributed by atoms with Crippen LogP contribution in [0.4, 0.5) is 0 Å². The van der Waals surface area contributed by atoms with E-state index >= 15 is 0 Å². The molecule has 1 N–H and O–H groups in total. The van der Waals surface area contributed by atoms with E-state index in [1.807, 2.05) is 36.0 Å². The van der Waals surface area contributed by atoms with E-state index in [2.05, 4.69) is 0 Å². The highest BCUT2D eigenvalue weighted by molar-refractivity contribution is 7.99. The van der Waals surface area contributed by atoms with E-state index in [1.165, 1.54) is 5.75 Å². The quantitative estimate of drug-likeness (QED) is 0.929. The average Bonchev–Trinajstić information content (AvgIpc) is 2.87. The maximum Gasteiger partial charge on any atom is 0.120 e. The molecular weight excluding hydrogens is 272 g/mol. The average molecular weight is 294 g/mol. The molecule has 0 saturated carbocycles. The highest BCUT2D eigenvalue weighted by Crippen LogP contribution is 2.39. The fourth-order valence-corrected chi connectivity index (χ4v) is 4.37. The van der Waals surface area contributed by atoms with Gasteiger partial charge in [0.25, 0.3) is 0 Å². The summed E-state index contributed by atoms with van der Waals surface area (Å²) in [5.41, 5.74) is 0.954. The molecule has 2 aliphatic heterocycles. The molecule has 3 rings (SSSR count). The second kappa shape index (κ2) is 5.96. The Hall–Kier alpha value is -0.710. The largest absolute Gasteiger partial charge is 0.490 e. The van der Waals surface area contributed by atoms with E-state index < -0.39 is 6.10 Å². The minimum atomic E-state index is -0.453. The van der Waals surface area contributed by atoms with Crippen LogP contribution in [0.25, 0.3) is 0 Å². The SMILES string of the molecule is CC(O)c1cccc(OC2CCOC3(CCSC3)C2)c1. The van der Waals surface area contributed by atoms with Crippen molar-refractivity contribution in [2.24, 2.45) is 0 Å². The van der Waals surface area contributed by atoms with Crippen molar-refractivity contribution in [1.29, 1.82) is 0 Å². The summed E-state index contributed by atoms with van der Waals surface area (Å²) in [4.78, 5) is 0. The number of rotatable bonds is 3. The van der Waals surface area contributed by atoms with Crippen LogP contribution >= 0.6 is 11.8 Å². The lowest BCUT2D eigenvalue weighted by Crippen LogP contribution is -2.43. The van der Waals surface area contributed by atoms with E-state index in [1.54, 1.807) is 6.92 Å². The third-order valence-electron chi connectivity index (χ3n) is 4.16. The smallest absolute Gasteiger partial charge is 0.120 e. The van der Waals surface area contributed by atoms with Gasteiger partial charge in [-0.25, -0.2) is 0 Å². The van der Waals surface area contributed by atoms with Crippen molar-refractivity contribution in [2.45, 2.75) is 44.0 Å². The first-order valence-corrected chi connectivity index (χ1v) is 8.49. The van der Waals surface area contributed by atoms with Gasteiger partial charge in [0.05, 0.1) is 18.3 Å². The van der Waals surface area contributed by atoms with E-state index in [4.69, 9.17) is 9.47 Å². The van der Waals surface area contributed by atoms with Crippen molar-refractivity contribution in [1.82, 2.24) is 0 Å². The molecule has 0 aliphatic carbocycles. The molecule has 2 fully saturated rings. The second-order valence-electron chi connectivity index (χ2n) is 5.82. The van der Waals surface area contributed by atoms with Gasteiger partial charge in [0.15, 0.2) is 0 Å². The van der Waals surface area contributed by atoms with Crippen LogP contribution in [0.15, 0.2) is 24.3 Å². The summed E-state index contributed by atoms with van der Waals surface area (Å²) in [5, 5.41) is 9.64. The zero-order chi connectivity index (χ0) is 14.0. The van der Waals surface area contributed by atoms with Gasteiger partial charge < -0.3 is 14.6 Å². The molecule has 1 aromatic rings. The summed E-state index contributed by atoms with van der Waals surface area (Å²) >= 11 is 1.98. The summed E-state index contributed by atoms with van der Waals surface area (Å²) in [6.45, 7) is 2.57. The van der Waals surface area contributed by atoms with Crippen LogP contribution in [0.3, 0.4) is 0 Å². The van der Waals surface area contributed by atoms with Gasteiger partial charge in [0.2, 0.25) is 0 Å². The molecule has 3 atom stereocenters. The molecule has 0 radical (unpaired) electrons. The van der Waals surface area contributed by atoms with Gasteiger partial charge in [-0.05, 0) is 36.8 Å². The van der Waals surface area contributed by atoms with Crippen molar-refractivity contribution < 1.29 is 14.6 Å². The normalized spacial score (nSPS) is 31.4. The molecule has 3 unspecified atom stereocenters. The second-order valence-corrected chi connectivity index (χ2v) is 6.92. The third-order valence-corrected chi connectivity index (χ3v) is 5.38. The van der Waals surface area contributed by atoms with Gasteiger partial charge in [0, 0.05) is 18.6 Å². The van der Waals surface area contributed by atoms with E-state index in [0.29, 0.717) is 0 Å².